The summed E-state index contributed by atoms with van der Waals surface area (Å²) < 4.78 is 0. The first-order valence-electron chi connectivity index (χ1n) is 7.38. The number of amides is 3. The smallest absolute Gasteiger partial charge is 0.222 e. The minimum absolute atomic E-state index is 0.0686. The monoisotopic (exact) mass is 283 g/mol. The molecule has 6 heteroatoms. The van der Waals surface area contributed by atoms with Crippen molar-refractivity contribution < 1.29 is 14.4 Å². The Morgan fingerprint density at radius 2 is 1.95 bits per heavy atom. The topological polar surface area (TPSA) is 78.5 Å². The zero-order valence-corrected chi connectivity index (χ0v) is 12.2. The van der Waals surface area contributed by atoms with Crippen molar-refractivity contribution in [2.45, 2.75) is 45.4 Å². The van der Waals surface area contributed by atoms with E-state index in [2.05, 4.69) is 10.6 Å². The van der Waals surface area contributed by atoms with Gasteiger partial charge < -0.3 is 15.5 Å². The number of nitrogens with one attached hydrogen (secondary N) is 2. The highest BCUT2D eigenvalue weighted by Gasteiger charge is 2.15. The van der Waals surface area contributed by atoms with Crippen molar-refractivity contribution in [2.24, 2.45) is 0 Å². The summed E-state index contributed by atoms with van der Waals surface area (Å²) >= 11 is 0. The second-order valence-corrected chi connectivity index (χ2v) is 5.13. The Balaban J connectivity index is 2.07. The third-order valence-corrected chi connectivity index (χ3v) is 3.32. The van der Waals surface area contributed by atoms with Crippen LogP contribution in [0.25, 0.3) is 0 Å². The van der Waals surface area contributed by atoms with Crippen LogP contribution in [0, 0.1) is 0 Å². The molecule has 114 valence electrons. The molecule has 0 aromatic carbocycles. The zero-order chi connectivity index (χ0) is 14.8. The number of carbonyl (C=O) groups is 3. The lowest BCUT2D eigenvalue weighted by molar-refractivity contribution is -0.130. The van der Waals surface area contributed by atoms with Gasteiger partial charge in [0.05, 0.1) is 0 Å². The molecule has 1 heterocycles. The molecule has 0 aromatic rings. The van der Waals surface area contributed by atoms with Crippen molar-refractivity contribution in [3.05, 3.63) is 0 Å². The van der Waals surface area contributed by atoms with Crippen LogP contribution in [-0.4, -0.2) is 48.8 Å². The lowest BCUT2D eigenvalue weighted by atomic mass is 10.2. The SMILES string of the molecule is CC(=O)NCCC(=O)NCCCN1CCCCCC1=O. The van der Waals surface area contributed by atoms with E-state index >= 15 is 0 Å². The third-order valence-electron chi connectivity index (χ3n) is 3.32. The Morgan fingerprint density at radius 3 is 2.70 bits per heavy atom. The van der Waals surface area contributed by atoms with E-state index in [1.54, 1.807) is 0 Å². The summed E-state index contributed by atoms with van der Waals surface area (Å²) in [6.07, 6.45) is 4.93. The molecule has 0 aliphatic carbocycles. The van der Waals surface area contributed by atoms with Crippen LogP contribution in [0.2, 0.25) is 0 Å². The van der Waals surface area contributed by atoms with Crippen LogP contribution in [0.1, 0.15) is 45.4 Å². The van der Waals surface area contributed by atoms with Gasteiger partial charge >= 0.3 is 0 Å². The second-order valence-electron chi connectivity index (χ2n) is 5.13. The molecule has 3 amide bonds. The molecule has 1 fully saturated rings. The molecule has 1 saturated heterocycles. The van der Waals surface area contributed by atoms with Gasteiger partial charge in [0, 0.05) is 45.9 Å². The Kier molecular flexibility index (Phi) is 7.69. The van der Waals surface area contributed by atoms with Gasteiger partial charge in [0.15, 0.2) is 0 Å². The minimum atomic E-state index is -0.127. The number of hydrogen-bond acceptors (Lipinski definition) is 3. The fourth-order valence-electron chi connectivity index (χ4n) is 2.21. The maximum Gasteiger partial charge on any atom is 0.222 e. The predicted octanol–water partition coefficient (Wildman–Crippen LogP) is 0.422. The van der Waals surface area contributed by atoms with Crippen molar-refractivity contribution in [1.29, 1.82) is 0 Å². The maximum atomic E-state index is 11.7. The van der Waals surface area contributed by atoms with Gasteiger partial charge in [0.25, 0.3) is 0 Å². The summed E-state index contributed by atoms with van der Waals surface area (Å²) in [5.74, 6) is 0.0397. The summed E-state index contributed by atoms with van der Waals surface area (Å²) in [6, 6.07) is 0. The standard InChI is InChI=1S/C14H25N3O3/c1-12(18)15-9-7-13(19)16-8-5-11-17-10-4-2-3-6-14(17)20/h2-11H2,1H3,(H,15,18)(H,16,19). The molecule has 1 rings (SSSR count). The first-order valence-corrected chi connectivity index (χ1v) is 7.38. The highest BCUT2D eigenvalue weighted by atomic mass is 16.2. The molecule has 0 atom stereocenters. The van der Waals surface area contributed by atoms with Gasteiger partial charge in [0.2, 0.25) is 17.7 Å². The number of carbonyl (C=O) groups excluding carboxylic acids is 3. The minimum Gasteiger partial charge on any atom is -0.356 e. The van der Waals surface area contributed by atoms with Crippen LogP contribution in [0.3, 0.4) is 0 Å². The maximum absolute atomic E-state index is 11.7. The zero-order valence-electron chi connectivity index (χ0n) is 12.2. The summed E-state index contributed by atoms with van der Waals surface area (Å²) in [6.45, 7) is 3.92. The molecule has 1 aliphatic rings. The van der Waals surface area contributed by atoms with Crippen LogP contribution < -0.4 is 10.6 Å². The van der Waals surface area contributed by atoms with Gasteiger partial charge in [-0.05, 0) is 19.3 Å². The number of rotatable bonds is 7. The molecule has 1 aliphatic heterocycles. The van der Waals surface area contributed by atoms with E-state index in [9.17, 15) is 14.4 Å². The van der Waals surface area contributed by atoms with Gasteiger partial charge in [-0.3, -0.25) is 14.4 Å². The first kappa shape index (κ1) is 16.5. The Hall–Kier alpha value is -1.59. The molecule has 6 nitrogen and oxygen atoms in total. The Labute approximate surface area is 120 Å². The summed E-state index contributed by atoms with van der Waals surface area (Å²) in [4.78, 5) is 35.7. The van der Waals surface area contributed by atoms with E-state index in [4.69, 9.17) is 0 Å². The Bertz CT molecular complexity index is 345. The van der Waals surface area contributed by atoms with E-state index < -0.39 is 0 Å². The van der Waals surface area contributed by atoms with Gasteiger partial charge in [0.1, 0.15) is 0 Å². The lowest BCUT2D eigenvalue weighted by Crippen LogP contribution is -2.34. The van der Waals surface area contributed by atoms with Gasteiger partial charge in [-0.25, -0.2) is 0 Å². The normalized spacial score (nSPS) is 15.7. The molecule has 0 aromatic heterocycles. The van der Waals surface area contributed by atoms with Gasteiger partial charge in [-0.15, -0.1) is 0 Å². The molecular formula is C14H25N3O3. The molecule has 0 spiro atoms. The van der Waals surface area contributed by atoms with Crippen molar-refractivity contribution in [2.75, 3.05) is 26.2 Å². The van der Waals surface area contributed by atoms with Crippen LogP contribution in [0.15, 0.2) is 0 Å². The van der Waals surface area contributed by atoms with Crippen molar-refractivity contribution in [1.82, 2.24) is 15.5 Å². The molecule has 0 unspecified atom stereocenters. The van der Waals surface area contributed by atoms with Crippen LogP contribution in [0.4, 0.5) is 0 Å². The summed E-state index contributed by atoms with van der Waals surface area (Å²) in [7, 11) is 0. The molecule has 20 heavy (non-hydrogen) atoms. The van der Waals surface area contributed by atoms with E-state index in [-0.39, 0.29) is 17.7 Å². The van der Waals surface area contributed by atoms with Gasteiger partial charge in [-0.2, -0.15) is 0 Å². The lowest BCUT2D eigenvalue weighted by Gasteiger charge is -2.20. The quantitative estimate of drug-likeness (QED) is 0.665. The molecule has 0 bridgehead atoms. The van der Waals surface area contributed by atoms with Crippen molar-refractivity contribution in [3.63, 3.8) is 0 Å². The highest BCUT2D eigenvalue weighted by Crippen LogP contribution is 2.11. The van der Waals surface area contributed by atoms with Crippen LogP contribution >= 0.6 is 0 Å². The fourth-order valence-corrected chi connectivity index (χ4v) is 2.21. The summed E-state index contributed by atoms with van der Waals surface area (Å²) in [5, 5.41) is 5.38. The predicted molar refractivity (Wildman–Crippen MR) is 76.0 cm³/mol. The summed E-state index contributed by atoms with van der Waals surface area (Å²) in [5.41, 5.74) is 0. The van der Waals surface area contributed by atoms with E-state index in [0.29, 0.717) is 32.5 Å². The van der Waals surface area contributed by atoms with Gasteiger partial charge in [-0.1, -0.05) is 6.42 Å². The van der Waals surface area contributed by atoms with E-state index in [0.717, 1.165) is 32.2 Å². The molecular weight excluding hydrogens is 258 g/mol. The highest BCUT2D eigenvalue weighted by molar-refractivity contribution is 5.78. The van der Waals surface area contributed by atoms with Crippen molar-refractivity contribution in [3.8, 4) is 0 Å². The third kappa shape index (κ3) is 7.11. The number of likely N-dealkylation sites (tertiary alicyclic amines) is 1. The number of nitrogens with zero attached hydrogens (tertiary/aromatic N) is 1. The largest absolute Gasteiger partial charge is 0.356 e. The number of hydrogen-bond donors (Lipinski definition) is 2. The molecule has 2 N–H and O–H groups in total. The van der Waals surface area contributed by atoms with Crippen molar-refractivity contribution >= 4 is 17.7 Å². The van der Waals surface area contributed by atoms with E-state index in [1.807, 2.05) is 4.90 Å². The first-order chi connectivity index (χ1) is 9.59. The second kappa shape index (κ2) is 9.34. The average molecular weight is 283 g/mol. The molecule has 0 radical (unpaired) electrons. The van der Waals surface area contributed by atoms with Crippen LogP contribution in [0.5, 0.6) is 0 Å². The van der Waals surface area contributed by atoms with E-state index in [1.165, 1.54) is 6.92 Å². The van der Waals surface area contributed by atoms with Crippen LogP contribution in [-0.2, 0) is 14.4 Å². The fraction of sp³-hybridized carbons (Fsp3) is 0.786. The average Bonchev–Trinajstić information content (AvgIpc) is 2.59. The molecule has 0 saturated carbocycles. The Morgan fingerprint density at radius 1 is 1.15 bits per heavy atom.